The van der Waals surface area contributed by atoms with Crippen molar-refractivity contribution in [1.82, 2.24) is 14.6 Å². The number of hydrogen-bond acceptors (Lipinski definition) is 3. The monoisotopic (exact) mass is 297 g/mol. The summed E-state index contributed by atoms with van der Waals surface area (Å²) in [6, 6.07) is 9.55. The van der Waals surface area contributed by atoms with Gasteiger partial charge in [0.2, 0.25) is 0 Å². The molecule has 1 aliphatic carbocycles. The lowest BCUT2D eigenvalue weighted by Crippen LogP contribution is -2.06. The zero-order valence-electron chi connectivity index (χ0n) is 11.5. The lowest BCUT2D eigenvalue weighted by Gasteiger charge is -2.04. The maximum Gasteiger partial charge on any atom is 0.354 e. The maximum absolute atomic E-state index is 13.9. The molecule has 22 heavy (non-hydrogen) atoms. The third kappa shape index (κ3) is 2.04. The van der Waals surface area contributed by atoms with Crippen molar-refractivity contribution in [3.8, 4) is 11.3 Å². The molecule has 0 spiro atoms. The Morgan fingerprint density at radius 3 is 2.73 bits per heavy atom. The maximum atomic E-state index is 13.9. The van der Waals surface area contributed by atoms with Gasteiger partial charge in [0.15, 0.2) is 11.3 Å². The highest BCUT2D eigenvalue weighted by molar-refractivity contribution is 5.86. The molecule has 0 atom stereocenters. The minimum absolute atomic E-state index is 0.00520. The number of aromatic nitrogens is 3. The third-order valence-corrected chi connectivity index (χ3v) is 3.82. The molecule has 5 nitrogen and oxygen atoms in total. The second-order valence-electron chi connectivity index (χ2n) is 5.43. The van der Waals surface area contributed by atoms with Crippen LogP contribution >= 0.6 is 0 Å². The second-order valence-corrected chi connectivity index (χ2v) is 5.43. The number of hydrogen-bond donors (Lipinski definition) is 1. The Balaban J connectivity index is 1.95. The molecule has 0 aliphatic heterocycles. The van der Waals surface area contributed by atoms with Crippen molar-refractivity contribution in [2.45, 2.75) is 18.8 Å². The number of nitrogens with zero attached hydrogens (tertiary/aromatic N) is 3. The van der Waals surface area contributed by atoms with Crippen LogP contribution in [0.15, 0.2) is 36.4 Å². The fraction of sp³-hybridized carbons (Fsp3) is 0.188. The normalized spacial score (nSPS) is 14.4. The minimum Gasteiger partial charge on any atom is -0.477 e. The van der Waals surface area contributed by atoms with Crippen molar-refractivity contribution in [1.29, 1.82) is 0 Å². The van der Waals surface area contributed by atoms with Gasteiger partial charge in [-0.2, -0.15) is 5.10 Å². The molecule has 2 heterocycles. The SMILES string of the molecule is O=C(O)c1cc(C2CC2)n2nc(-c3ccccc3F)cc2n1. The number of carboxylic acid groups (broad SMARTS) is 1. The van der Waals surface area contributed by atoms with E-state index in [-0.39, 0.29) is 11.5 Å². The predicted octanol–water partition coefficient (Wildman–Crippen LogP) is 3.11. The van der Waals surface area contributed by atoms with Gasteiger partial charge in [-0.3, -0.25) is 0 Å². The van der Waals surface area contributed by atoms with Crippen molar-refractivity contribution in [2.75, 3.05) is 0 Å². The Morgan fingerprint density at radius 1 is 1.27 bits per heavy atom. The zero-order valence-corrected chi connectivity index (χ0v) is 11.5. The van der Waals surface area contributed by atoms with Crippen LogP contribution in [0.5, 0.6) is 0 Å². The van der Waals surface area contributed by atoms with E-state index in [1.807, 2.05) is 0 Å². The molecule has 0 saturated heterocycles. The molecule has 6 heteroatoms. The molecule has 1 aliphatic rings. The molecule has 0 unspecified atom stereocenters. The molecular weight excluding hydrogens is 285 g/mol. The van der Waals surface area contributed by atoms with Crippen molar-refractivity contribution in [3.63, 3.8) is 0 Å². The molecule has 2 aromatic heterocycles. The molecule has 1 fully saturated rings. The van der Waals surface area contributed by atoms with E-state index in [4.69, 9.17) is 0 Å². The number of rotatable bonds is 3. The molecule has 3 aromatic rings. The van der Waals surface area contributed by atoms with Gasteiger partial charge >= 0.3 is 5.97 Å². The van der Waals surface area contributed by atoms with Crippen LogP contribution in [0.25, 0.3) is 16.9 Å². The Morgan fingerprint density at radius 2 is 2.05 bits per heavy atom. The van der Waals surface area contributed by atoms with Gasteiger partial charge in [-0.15, -0.1) is 0 Å². The molecule has 110 valence electrons. The largest absolute Gasteiger partial charge is 0.477 e. The van der Waals surface area contributed by atoms with Crippen molar-refractivity contribution in [3.05, 3.63) is 53.6 Å². The van der Waals surface area contributed by atoms with Gasteiger partial charge < -0.3 is 5.11 Å². The lowest BCUT2D eigenvalue weighted by molar-refractivity contribution is 0.0690. The van der Waals surface area contributed by atoms with E-state index in [9.17, 15) is 14.3 Å². The van der Waals surface area contributed by atoms with E-state index in [0.29, 0.717) is 22.8 Å². The summed E-state index contributed by atoms with van der Waals surface area (Å²) in [4.78, 5) is 15.3. The van der Waals surface area contributed by atoms with Crippen LogP contribution in [0, 0.1) is 5.82 Å². The van der Waals surface area contributed by atoms with Crippen LogP contribution in [0.1, 0.15) is 34.9 Å². The van der Waals surface area contributed by atoms with Crippen LogP contribution in [0.2, 0.25) is 0 Å². The molecule has 1 aromatic carbocycles. The summed E-state index contributed by atoms with van der Waals surface area (Å²) in [7, 11) is 0. The molecular formula is C16H12FN3O2. The summed E-state index contributed by atoms with van der Waals surface area (Å²) in [5, 5.41) is 13.6. The van der Waals surface area contributed by atoms with Crippen LogP contribution in [-0.2, 0) is 0 Å². The van der Waals surface area contributed by atoms with Gasteiger partial charge in [0.1, 0.15) is 5.82 Å². The first-order valence-corrected chi connectivity index (χ1v) is 7.02. The quantitative estimate of drug-likeness (QED) is 0.806. The van der Waals surface area contributed by atoms with E-state index in [2.05, 4.69) is 10.1 Å². The van der Waals surface area contributed by atoms with Gasteiger partial charge in [0.25, 0.3) is 0 Å². The van der Waals surface area contributed by atoms with Crippen LogP contribution in [0.3, 0.4) is 0 Å². The van der Waals surface area contributed by atoms with Crippen LogP contribution in [0.4, 0.5) is 4.39 Å². The van der Waals surface area contributed by atoms with E-state index in [0.717, 1.165) is 18.5 Å². The Labute approximate surface area is 125 Å². The lowest BCUT2D eigenvalue weighted by atomic mass is 10.1. The van der Waals surface area contributed by atoms with Crippen LogP contribution in [-0.4, -0.2) is 25.7 Å². The first-order chi connectivity index (χ1) is 10.6. The number of aromatic carboxylic acids is 1. The van der Waals surface area contributed by atoms with E-state index >= 15 is 0 Å². The number of halogens is 1. The van der Waals surface area contributed by atoms with Crippen molar-refractivity contribution in [2.24, 2.45) is 0 Å². The second kappa shape index (κ2) is 4.62. The highest BCUT2D eigenvalue weighted by atomic mass is 19.1. The Bertz CT molecular complexity index is 900. The molecule has 0 radical (unpaired) electrons. The Hall–Kier alpha value is -2.76. The summed E-state index contributed by atoms with van der Waals surface area (Å²) in [5.41, 5.74) is 2.08. The summed E-state index contributed by atoms with van der Waals surface area (Å²) in [5.74, 6) is -1.13. The number of benzene rings is 1. The topological polar surface area (TPSA) is 67.5 Å². The first kappa shape index (κ1) is 12.9. The first-order valence-electron chi connectivity index (χ1n) is 7.02. The Kier molecular flexibility index (Phi) is 2.72. The summed E-state index contributed by atoms with van der Waals surface area (Å²) in [6.07, 6.45) is 2.01. The highest BCUT2D eigenvalue weighted by Crippen LogP contribution is 2.40. The van der Waals surface area contributed by atoms with E-state index in [1.54, 1.807) is 34.8 Å². The van der Waals surface area contributed by atoms with Crippen molar-refractivity contribution >= 4 is 11.6 Å². The highest BCUT2D eigenvalue weighted by Gasteiger charge is 2.28. The molecule has 1 saturated carbocycles. The molecule has 0 amide bonds. The summed E-state index contributed by atoms with van der Waals surface area (Å²) < 4.78 is 15.5. The van der Waals surface area contributed by atoms with E-state index < -0.39 is 5.97 Å². The van der Waals surface area contributed by atoms with Crippen LogP contribution < -0.4 is 0 Å². The van der Waals surface area contributed by atoms with Gasteiger partial charge in [-0.1, -0.05) is 12.1 Å². The molecule has 4 rings (SSSR count). The fourth-order valence-electron chi connectivity index (χ4n) is 2.58. The average Bonchev–Trinajstić information content (AvgIpc) is 3.25. The molecule has 0 bridgehead atoms. The zero-order chi connectivity index (χ0) is 15.3. The molecule has 1 N–H and O–H groups in total. The smallest absolute Gasteiger partial charge is 0.354 e. The fourth-order valence-corrected chi connectivity index (χ4v) is 2.58. The summed E-state index contributed by atoms with van der Waals surface area (Å²) in [6.45, 7) is 0. The average molecular weight is 297 g/mol. The number of carbonyl (C=O) groups is 1. The number of carboxylic acids is 1. The van der Waals surface area contributed by atoms with E-state index in [1.165, 1.54) is 6.07 Å². The van der Waals surface area contributed by atoms with Crippen molar-refractivity contribution < 1.29 is 14.3 Å². The number of fused-ring (bicyclic) bond motifs is 1. The van der Waals surface area contributed by atoms with Gasteiger partial charge in [0, 0.05) is 23.2 Å². The van der Waals surface area contributed by atoms with Gasteiger partial charge in [-0.05, 0) is 31.0 Å². The standard InChI is InChI=1S/C16H12FN3O2/c17-11-4-2-1-3-10(11)12-8-15-18-13(16(21)22)7-14(9-5-6-9)20(15)19-12/h1-4,7-9H,5-6H2,(H,21,22). The van der Waals surface area contributed by atoms with Gasteiger partial charge in [0.05, 0.1) is 5.69 Å². The minimum atomic E-state index is -1.07. The summed E-state index contributed by atoms with van der Waals surface area (Å²) >= 11 is 0. The predicted molar refractivity (Wildman–Crippen MR) is 77.3 cm³/mol. The van der Waals surface area contributed by atoms with Gasteiger partial charge in [-0.25, -0.2) is 18.7 Å². The third-order valence-electron chi connectivity index (χ3n) is 3.82.